The Bertz CT molecular complexity index is 293. The van der Waals surface area contributed by atoms with Crippen LogP contribution in [-0.2, 0) is 4.79 Å². The van der Waals surface area contributed by atoms with Gasteiger partial charge in [0.15, 0.2) is 0 Å². The van der Waals surface area contributed by atoms with Crippen molar-refractivity contribution >= 4 is 23.1 Å². The molecule has 0 spiro atoms. The normalized spacial score (nSPS) is 14.8. The van der Waals surface area contributed by atoms with Gasteiger partial charge in [-0.1, -0.05) is 39.9 Å². The fourth-order valence-corrected chi connectivity index (χ4v) is 2.62. The maximum atomic E-state index is 12.3. The molecule has 2 atom stereocenters. The minimum atomic E-state index is -0.383. The summed E-state index contributed by atoms with van der Waals surface area (Å²) in [6.07, 6.45) is 0.950. The third kappa shape index (κ3) is 7.47. The molecule has 0 aliphatic rings. The van der Waals surface area contributed by atoms with Crippen molar-refractivity contribution in [2.45, 2.75) is 40.2 Å². The SMILES string of the molecule is CC(C)CC(CN(C)C)NC(=O)C(C(N)=S)C(C)C. The fraction of sp³-hybridized carbons (Fsp3) is 0.857. The number of carbonyl (C=O) groups excluding carboxylic acids is 1. The molecule has 0 aliphatic heterocycles. The zero-order chi connectivity index (χ0) is 15.2. The molecule has 5 heteroatoms. The third-order valence-corrected chi connectivity index (χ3v) is 3.20. The molecule has 0 aliphatic carbocycles. The van der Waals surface area contributed by atoms with E-state index in [-0.39, 0.29) is 28.8 Å². The number of likely N-dealkylation sites (N-methyl/N-ethyl adjacent to an activating group) is 1. The van der Waals surface area contributed by atoms with E-state index in [4.69, 9.17) is 18.0 Å². The lowest BCUT2D eigenvalue weighted by atomic mass is 9.94. The Hall–Kier alpha value is -0.680. The van der Waals surface area contributed by atoms with Gasteiger partial charge in [-0.15, -0.1) is 0 Å². The molecule has 0 bridgehead atoms. The first-order valence-corrected chi connectivity index (χ1v) is 7.30. The Kier molecular flexibility index (Phi) is 8.18. The van der Waals surface area contributed by atoms with Crippen LogP contribution in [-0.4, -0.2) is 42.5 Å². The van der Waals surface area contributed by atoms with Crippen LogP contribution in [0.4, 0.5) is 0 Å². The van der Waals surface area contributed by atoms with Crippen molar-refractivity contribution in [3.05, 3.63) is 0 Å². The van der Waals surface area contributed by atoms with Gasteiger partial charge in [0.2, 0.25) is 5.91 Å². The topological polar surface area (TPSA) is 58.4 Å². The monoisotopic (exact) mass is 287 g/mol. The second-order valence-electron chi connectivity index (χ2n) is 6.22. The van der Waals surface area contributed by atoms with E-state index in [1.165, 1.54) is 0 Å². The first-order valence-electron chi connectivity index (χ1n) is 6.89. The molecule has 0 radical (unpaired) electrons. The number of nitrogens with zero attached hydrogens (tertiary/aromatic N) is 1. The van der Waals surface area contributed by atoms with Gasteiger partial charge in [-0.2, -0.15) is 0 Å². The number of hydrogen-bond donors (Lipinski definition) is 2. The minimum Gasteiger partial charge on any atom is -0.393 e. The summed E-state index contributed by atoms with van der Waals surface area (Å²) in [5, 5.41) is 3.09. The van der Waals surface area contributed by atoms with E-state index in [0.29, 0.717) is 5.92 Å². The number of rotatable bonds is 8. The molecular formula is C14H29N3OS. The van der Waals surface area contributed by atoms with Gasteiger partial charge in [-0.05, 0) is 32.4 Å². The molecule has 112 valence electrons. The van der Waals surface area contributed by atoms with E-state index in [1.807, 2.05) is 27.9 Å². The summed E-state index contributed by atoms with van der Waals surface area (Å²) >= 11 is 5.00. The van der Waals surface area contributed by atoms with Crippen molar-refractivity contribution in [3.63, 3.8) is 0 Å². The molecule has 0 heterocycles. The average molecular weight is 287 g/mol. The highest BCUT2D eigenvalue weighted by Crippen LogP contribution is 2.13. The molecule has 3 N–H and O–H groups in total. The Balaban J connectivity index is 4.71. The van der Waals surface area contributed by atoms with E-state index >= 15 is 0 Å². The highest BCUT2D eigenvalue weighted by molar-refractivity contribution is 7.80. The van der Waals surface area contributed by atoms with Crippen LogP contribution >= 0.6 is 12.2 Å². The largest absolute Gasteiger partial charge is 0.393 e. The van der Waals surface area contributed by atoms with Crippen LogP contribution in [0.3, 0.4) is 0 Å². The third-order valence-electron chi connectivity index (χ3n) is 2.94. The second kappa shape index (κ2) is 8.48. The smallest absolute Gasteiger partial charge is 0.230 e. The van der Waals surface area contributed by atoms with Crippen molar-refractivity contribution in [2.75, 3.05) is 20.6 Å². The summed E-state index contributed by atoms with van der Waals surface area (Å²) in [5.41, 5.74) is 5.68. The maximum Gasteiger partial charge on any atom is 0.230 e. The molecule has 0 aromatic heterocycles. The molecule has 0 saturated heterocycles. The van der Waals surface area contributed by atoms with Crippen LogP contribution in [0.25, 0.3) is 0 Å². The Morgan fingerprint density at radius 1 is 1.26 bits per heavy atom. The summed E-state index contributed by atoms with van der Waals surface area (Å²) in [6, 6.07) is 0.137. The van der Waals surface area contributed by atoms with E-state index in [9.17, 15) is 4.79 Å². The second-order valence-corrected chi connectivity index (χ2v) is 6.69. The van der Waals surface area contributed by atoms with Crippen LogP contribution in [0.5, 0.6) is 0 Å². The van der Waals surface area contributed by atoms with Gasteiger partial charge in [0.05, 0.1) is 10.9 Å². The lowest BCUT2D eigenvalue weighted by Crippen LogP contribution is -2.48. The number of thiocarbonyl (C=S) groups is 1. The van der Waals surface area contributed by atoms with Crippen LogP contribution in [0.1, 0.15) is 34.1 Å². The number of hydrogen-bond acceptors (Lipinski definition) is 3. The van der Waals surface area contributed by atoms with Crippen molar-refractivity contribution in [2.24, 2.45) is 23.5 Å². The first kappa shape index (κ1) is 18.3. The Morgan fingerprint density at radius 3 is 2.11 bits per heavy atom. The van der Waals surface area contributed by atoms with Gasteiger partial charge in [0, 0.05) is 12.6 Å². The number of nitrogens with two attached hydrogens (primary N) is 1. The lowest BCUT2D eigenvalue weighted by molar-refractivity contribution is -0.124. The molecule has 0 saturated carbocycles. The van der Waals surface area contributed by atoms with Gasteiger partial charge in [-0.3, -0.25) is 4.79 Å². The standard InChI is InChI=1S/C14H29N3OS/c1-9(2)7-11(8-17(5)6)16-14(18)12(10(3)4)13(15)19/h9-12H,7-8H2,1-6H3,(H2,15,19)(H,16,18). The predicted octanol–water partition coefficient (Wildman–Crippen LogP) is 1.64. The van der Waals surface area contributed by atoms with Gasteiger partial charge in [0.1, 0.15) is 0 Å². The quantitative estimate of drug-likeness (QED) is 0.666. The van der Waals surface area contributed by atoms with E-state index in [1.54, 1.807) is 0 Å². The highest BCUT2D eigenvalue weighted by atomic mass is 32.1. The maximum absolute atomic E-state index is 12.3. The highest BCUT2D eigenvalue weighted by Gasteiger charge is 2.27. The molecule has 2 unspecified atom stereocenters. The predicted molar refractivity (Wildman–Crippen MR) is 85.1 cm³/mol. The van der Waals surface area contributed by atoms with Gasteiger partial charge in [-0.25, -0.2) is 0 Å². The van der Waals surface area contributed by atoms with Gasteiger partial charge < -0.3 is 16.0 Å². The van der Waals surface area contributed by atoms with Crippen molar-refractivity contribution in [3.8, 4) is 0 Å². The van der Waals surface area contributed by atoms with Crippen LogP contribution in [0.15, 0.2) is 0 Å². The van der Waals surface area contributed by atoms with Crippen LogP contribution < -0.4 is 11.1 Å². The molecular weight excluding hydrogens is 258 g/mol. The van der Waals surface area contributed by atoms with E-state index in [2.05, 4.69) is 24.1 Å². The molecule has 0 aromatic carbocycles. The molecule has 0 rings (SSSR count). The molecule has 0 aromatic rings. The van der Waals surface area contributed by atoms with Gasteiger partial charge in [0.25, 0.3) is 0 Å². The molecule has 19 heavy (non-hydrogen) atoms. The summed E-state index contributed by atoms with van der Waals surface area (Å²) in [7, 11) is 4.01. The minimum absolute atomic E-state index is 0.0463. The van der Waals surface area contributed by atoms with E-state index < -0.39 is 0 Å². The Morgan fingerprint density at radius 2 is 1.79 bits per heavy atom. The zero-order valence-corrected chi connectivity index (χ0v) is 13.9. The Labute approximate surface area is 123 Å². The van der Waals surface area contributed by atoms with Crippen molar-refractivity contribution in [1.29, 1.82) is 0 Å². The number of carbonyl (C=O) groups is 1. The number of amides is 1. The molecule has 4 nitrogen and oxygen atoms in total. The average Bonchev–Trinajstić information content (AvgIpc) is 2.12. The first-order chi connectivity index (χ1) is 8.65. The summed E-state index contributed by atoms with van der Waals surface area (Å²) in [6.45, 7) is 9.07. The van der Waals surface area contributed by atoms with Crippen LogP contribution in [0.2, 0.25) is 0 Å². The summed E-state index contributed by atoms with van der Waals surface area (Å²) in [5.74, 6) is 0.228. The van der Waals surface area contributed by atoms with E-state index in [0.717, 1.165) is 13.0 Å². The molecule has 1 amide bonds. The number of nitrogens with one attached hydrogen (secondary N) is 1. The summed E-state index contributed by atoms with van der Waals surface area (Å²) in [4.78, 5) is 14.7. The molecule has 0 fully saturated rings. The van der Waals surface area contributed by atoms with Gasteiger partial charge >= 0.3 is 0 Å². The lowest BCUT2D eigenvalue weighted by Gasteiger charge is -2.27. The summed E-state index contributed by atoms with van der Waals surface area (Å²) < 4.78 is 0. The van der Waals surface area contributed by atoms with Crippen molar-refractivity contribution in [1.82, 2.24) is 10.2 Å². The van der Waals surface area contributed by atoms with Crippen molar-refractivity contribution < 1.29 is 4.79 Å². The zero-order valence-electron chi connectivity index (χ0n) is 13.1. The fourth-order valence-electron chi connectivity index (χ4n) is 2.24. The van der Waals surface area contributed by atoms with Crippen LogP contribution in [0, 0.1) is 17.8 Å².